The third kappa shape index (κ3) is 4.24. The fraction of sp³-hybridized carbons (Fsp3) is 0.304. The minimum atomic E-state index is -0.275. The van der Waals surface area contributed by atoms with Crippen LogP contribution in [-0.4, -0.2) is 52.7 Å². The summed E-state index contributed by atoms with van der Waals surface area (Å²) in [5.41, 5.74) is 2.87. The summed E-state index contributed by atoms with van der Waals surface area (Å²) in [6.07, 6.45) is 13.7. The highest BCUT2D eigenvalue weighted by Gasteiger charge is 2.25. The molecule has 33 heavy (non-hydrogen) atoms. The van der Waals surface area contributed by atoms with Gasteiger partial charge in [-0.3, -0.25) is 19.3 Å². The van der Waals surface area contributed by atoms with Gasteiger partial charge in [-0.05, 0) is 37.3 Å². The van der Waals surface area contributed by atoms with Crippen molar-refractivity contribution in [1.82, 2.24) is 29.3 Å². The smallest absolute Gasteiger partial charge is 0.246 e. The van der Waals surface area contributed by atoms with Crippen LogP contribution in [0.2, 0.25) is 0 Å². The fourth-order valence-electron chi connectivity index (χ4n) is 3.82. The lowest BCUT2D eigenvalue weighted by molar-refractivity contribution is -0.116. The lowest BCUT2D eigenvalue weighted by atomic mass is 10.1. The first-order valence-corrected chi connectivity index (χ1v) is 10.8. The van der Waals surface area contributed by atoms with Gasteiger partial charge < -0.3 is 15.0 Å². The van der Waals surface area contributed by atoms with Crippen molar-refractivity contribution < 1.29 is 14.7 Å². The Hall–Kier alpha value is -3.92. The summed E-state index contributed by atoms with van der Waals surface area (Å²) >= 11 is 0. The van der Waals surface area contributed by atoms with Crippen molar-refractivity contribution >= 4 is 28.4 Å². The highest BCUT2D eigenvalue weighted by atomic mass is 16.3. The van der Waals surface area contributed by atoms with Crippen molar-refractivity contribution in [2.45, 2.75) is 38.3 Å². The molecule has 0 aliphatic heterocycles. The minimum Gasteiger partial charge on any atom is -0.394 e. The van der Waals surface area contributed by atoms with Gasteiger partial charge in [-0.15, -0.1) is 0 Å². The summed E-state index contributed by atoms with van der Waals surface area (Å²) in [6, 6.07) is 1.34. The van der Waals surface area contributed by atoms with Crippen LogP contribution in [0, 0.1) is 0 Å². The molecule has 4 heterocycles. The van der Waals surface area contributed by atoms with Crippen LogP contribution in [0.15, 0.2) is 49.6 Å². The molecule has 1 amide bonds. The average molecular weight is 445 g/mol. The zero-order chi connectivity index (χ0) is 22.9. The van der Waals surface area contributed by atoms with Gasteiger partial charge in [-0.25, -0.2) is 9.97 Å². The number of fused-ring (bicyclic) bond motifs is 1. The van der Waals surface area contributed by atoms with Gasteiger partial charge in [-0.1, -0.05) is 0 Å². The molecule has 1 unspecified atom stereocenters. The first-order chi connectivity index (χ1) is 16.0. The Morgan fingerprint density at radius 2 is 2.03 bits per heavy atom. The van der Waals surface area contributed by atoms with E-state index in [4.69, 9.17) is 0 Å². The Bertz CT molecular complexity index is 1340. The summed E-state index contributed by atoms with van der Waals surface area (Å²) in [6.45, 7) is 1.82. The Kier molecular flexibility index (Phi) is 5.43. The number of rotatable bonds is 8. The predicted molar refractivity (Wildman–Crippen MR) is 120 cm³/mol. The van der Waals surface area contributed by atoms with E-state index in [9.17, 15) is 14.7 Å². The van der Waals surface area contributed by atoms with E-state index >= 15 is 0 Å². The van der Waals surface area contributed by atoms with E-state index in [0.29, 0.717) is 33.8 Å². The predicted octanol–water partition coefficient (Wildman–Crippen LogP) is 2.32. The van der Waals surface area contributed by atoms with E-state index in [2.05, 4.69) is 25.4 Å². The Labute approximate surface area is 189 Å². The highest BCUT2D eigenvalue weighted by Crippen LogP contribution is 2.39. The highest BCUT2D eigenvalue weighted by molar-refractivity contribution is 6.16. The van der Waals surface area contributed by atoms with Gasteiger partial charge in [-0.2, -0.15) is 5.10 Å². The maximum Gasteiger partial charge on any atom is 0.246 e. The summed E-state index contributed by atoms with van der Waals surface area (Å²) in [7, 11) is 0. The van der Waals surface area contributed by atoms with E-state index in [-0.39, 0.29) is 30.9 Å². The molecule has 2 N–H and O–H groups in total. The normalized spacial score (nSPS) is 14.4. The van der Waals surface area contributed by atoms with Crippen molar-refractivity contribution in [2.24, 2.45) is 0 Å². The van der Waals surface area contributed by atoms with Crippen LogP contribution in [0.3, 0.4) is 0 Å². The van der Waals surface area contributed by atoms with E-state index in [1.807, 2.05) is 19.3 Å². The number of aromatic nitrogens is 6. The Morgan fingerprint density at radius 1 is 1.18 bits per heavy atom. The second kappa shape index (κ2) is 8.55. The molecule has 0 spiro atoms. The maximum absolute atomic E-state index is 13.3. The SMILES string of the molecule is CC(CO)n1cc(C(=O)c2cncc(NC(=O)Cn3cc(C4CC4)cn3)c2)c2cncnc21. The molecule has 0 aromatic carbocycles. The zero-order valence-corrected chi connectivity index (χ0v) is 18.0. The first-order valence-electron chi connectivity index (χ1n) is 10.8. The monoisotopic (exact) mass is 445 g/mol. The van der Waals surface area contributed by atoms with Crippen molar-refractivity contribution in [3.63, 3.8) is 0 Å². The van der Waals surface area contributed by atoms with Gasteiger partial charge in [0.15, 0.2) is 5.78 Å². The fourth-order valence-corrected chi connectivity index (χ4v) is 3.82. The number of pyridine rings is 1. The van der Waals surface area contributed by atoms with Gasteiger partial charge in [0.25, 0.3) is 0 Å². The number of anilines is 1. The summed E-state index contributed by atoms with van der Waals surface area (Å²) in [4.78, 5) is 38.2. The van der Waals surface area contributed by atoms with Crippen molar-refractivity contribution in [1.29, 1.82) is 0 Å². The number of amides is 1. The van der Waals surface area contributed by atoms with Crippen LogP contribution in [0.5, 0.6) is 0 Å². The van der Waals surface area contributed by atoms with Crippen molar-refractivity contribution in [2.75, 3.05) is 11.9 Å². The molecule has 0 radical (unpaired) electrons. The number of nitrogens with zero attached hydrogens (tertiary/aromatic N) is 6. The van der Waals surface area contributed by atoms with Crippen LogP contribution in [0.4, 0.5) is 5.69 Å². The number of nitrogens with one attached hydrogen (secondary N) is 1. The lowest BCUT2D eigenvalue weighted by Gasteiger charge is -2.10. The molecule has 1 atom stereocenters. The molecule has 0 bridgehead atoms. The van der Waals surface area contributed by atoms with Crippen LogP contribution in [-0.2, 0) is 11.3 Å². The molecule has 1 fully saturated rings. The Morgan fingerprint density at radius 3 is 2.82 bits per heavy atom. The van der Waals surface area contributed by atoms with Crippen LogP contribution in [0.25, 0.3) is 11.0 Å². The number of hydrogen-bond acceptors (Lipinski definition) is 7. The van der Waals surface area contributed by atoms with E-state index in [1.165, 1.54) is 31.6 Å². The molecule has 4 aromatic heterocycles. The van der Waals surface area contributed by atoms with Gasteiger partial charge in [0.05, 0.1) is 36.3 Å². The second-order valence-electron chi connectivity index (χ2n) is 8.33. The molecule has 1 aliphatic rings. The molecule has 168 valence electrons. The summed E-state index contributed by atoms with van der Waals surface area (Å²) in [5.74, 6) is 0.0440. The average Bonchev–Trinajstić information content (AvgIpc) is 3.46. The molecule has 1 saturated carbocycles. The van der Waals surface area contributed by atoms with E-state index in [0.717, 1.165) is 5.56 Å². The van der Waals surface area contributed by atoms with Gasteiger partial charge >= 0.3 is 0 Å². The van der Waals surface area contributed by atoms with Gasteiger partial charge in [0, 0.05) is 35.7 Å². The lowest BCUT2D eigenvalue weighted by Crippen LogP contribution is -2.19. The molecule has 1 aliphatic carbocycles. The standard InChI is InChI=1S/C23H23N7O3/c1-14(12-31)30-10-20(19-8-25-13-26-23(19)30)22(33)16-4-18(7-24-5-16)28-21(32)11-29-9-17(6-27-29)15-2-3-15/h4-10,13-15,31H,2-3,11-12H2,1H3,(H,28,32). The third-order valence-electron chi connectivity index (χ3n) is 5.77. The first kappa shape index (κ1) is 21.0. The summed E-state index contributed by atoms with van der Waals surface area (Å²) < 4.78 is 3.37. The molecule has 10 heteroatoms. The molecule has 10 nitrogen and oxygen atoms in total. The molecular formula is C23H23N7O3. The van der Waals surface area contributed by atoms with E-state index in [1.54, 1.807) is 27.7 Å². The van der Waals surface area contributed by atoms with Crippen LogP contribution >= 0.6 is 0 Å². The van der Waals surface area contributed by atoms with Gasteiger partial charge in [0.1, 0.15) is 18.5 Å². The van der Waals surface area contributed by atoms with Crippen molar-refractivity contribution in [3.8, 4) is 0 Å². The number of aliphatic hydroxyl groups is 1. The molecule has 5 rings (SSSR count). The number of hydrogen-bond donors (Lipinski definition) is 2. The quantitative estimate of drug-likeness (QED) is 0.398. The van der Waals surface area contributed by atoms with Crippen LogP contribution in [0.1, 0.15) is 53.2 Å². The van der Waals surface area contributed by atoms with Crippen LogP contribution < -0.4 is 5.32 Å². The molecule has 4 aromatic rings. The molecule has 0 saturated heterocycles. The summed E-state index contributed by atoms with van der Waals surface area (Å²) in [5, 5.41) is 17.2. The molecular weight excluding hydrogens is 422 g/mol. The minimum absolute atomic E-state index is 0.0781. The maximum atomic E-state index is 13.3. The van der Waals surface area contributed by atoms with Gasteiger partial charge in [0.2, 0.25) is 5.91 Å². The number of ketones is 1. The number of carbonyl (C=O) groups excluding carboxylic acids is 2. The largest absolute Gasteiger partial charge is 0.394 e. The van der Waals surface area contributed by atoms with Crippen molar-refractivity contribution in [3.05, 3.63) is 66.3 Å². The third-order valence-corrected chi connectivity index (χ3v) is 5.77. The zero-order valence-electron chi connectivity index (χ0n) is 18.0. The Balaban J connectivity index is 1.35. The number of aliphatic hydroxyl groups excluding tert-OH is 1. The topological polar surface area (TPSA) is 128 Å². The second-order valence-corrected chi connectivity index (χ2v) is 8.33. The van der Waals surface area contributed by atoms with E-state index < -0.39 is 0 Å². The number of carbonyl (C=O) groups is 2.